The second-order valence-electron chi connectivity index (χ2n) is 12.9. The van der Waals surface area contributed by atoms with Gasteiger partial charge in [0, 0.05) is 54.6 Å². The Labute approximate surface area is 300 Å². The zero-order valence-corrected chi connectivity index (χ0v) is 29.2. The summed E-state index contributed by atoms with van der Waals surface area (Å²) in [6, 6.07) is 16.0. The van der Waals surface area contributed by atoms with Gasteiger partial charge in [-0.3, -0.25) is 19.4 Å². The molecule has 0 aliphatic carbocycles. The van der Waals surface area contributed by atoms with Crippen LogP contribution in [-0.2, 0) is 7.05 Å². The zero-order valence-electron chi connectivity index (χ0n) is 29.2. The van der Waals surface area contributed by atoms with E-state index in [1.54, 1.807) is 72.4 Å². The molecule has 13 heteroatoms. The first-order valence-corrected chi connectivity index (χ1v) is 16.8. The summed E-state index contributed by atoms with van der Waals surface area (Å²) < 4.78 is 13.3. The van der Waals surface area contributed by atoms with Gasteiger partial charge in [0.15, 0.2) is 17.3 Å². The van der Waals surface area contributed by atoms with E-state index in [2.05, 4.69) is 43.7 Å². The summed E-state index contributed by atoms with van der Waals surface area (Å²) in [5.74, 6) is 1.87. The smallest absolute Gasteiger partial charge is 0.291 e. The van der Waals surface area contributed by atoms with Crippen LogP contribution in [0.5, 0.6) is 11.5 Å². The summed E-state index contributed by atoms with van der Waals surface area (Å²) in [4.78, 5) is 56.8. The molecule has 1 unspecified atom stereocenters. The van der Waals surface area contributed by atoms with Gasteiger partial charge in [-0.05, 0) is 74.7 Å². The molecule has 0 saturated carbocycles. The maximum absolute atomic E-state index is 13.2. The van der Waals surface area contributed by atoms with E-state index in [1.165, 1.54) is 6.92 Å². The molecule has 0 bridgehead atoms. The molecule has 3 aromatic carbocycles. The molecule has 1 saturated heterocycles. The number of aromatic amines is 1. The molecule has 2 amide bonds. The molecule has 3 N–H and O–H groups in total. The first-order chi connectivity index (χ1) is 25.1. The molecule has 13 nitrogen and oxygen atoms in total. The second kappa shape index (κ2) is 14.0. The van der Waals surface area contributed by atoms with Crippen molar-refractivity contribution in [3.05, 3.63) is 102 Å². The second-order valence-corrected chi connectivity index (χ2v) is 12.9. The topological polar surface area (TPSA) is 156 Å². The lowest BCUT2D eigenvalue weighted by molar-refractivity contribution is 0.0777. The van der Waals surface area contributed by atoms with Crippen molar-refractivity contribution in [3.63, 3.8) is 0 Å². The van der Waals surface area contributed by atoms with E-state index in [-0.39, 0.29) is 29.5 Å². The van der Waals surface area contributed by atoms with Crippen molar-refractivity contribution in [1.29, 1.82) is 0 Å². The average Bonchev–Trinajstić information content (AvgIpc) is 3.82. The van der Waals surface area contributed by atoms with Gasteiger partial charge in [0.25, 0.3) is 11.8 Å². The average molecular weight is 699 g/mol. The number of methoxy groups -OCH3 is 1. The Morgan fingerprint density at radius 1 is 1.06 bits per heavy atom. The number of nitrogens with one attached hydrogen (secondary N) is 3. The molecule has 2 aliphatic heterocycles. The number of anilines is 2. The fraction of sp³-hybridized carbons (Fsp3) is 0.231. The van der Waals surface area contributed by atoms with Gasteiger partial charge in [-0.25, -0.2) is 9.97 Å². The van der Waals surface area contributed by atoms with Gasteiger partial charge in [-0.2, -0.15) is 0 Å². The standard InChI is InChI=1S/C39H38N8O5/c1-22-15-28-19-40-31-18-34(33(51-5)17-29(31)39(50)47(28)20-22)52-14-6-7-23(2)41-35-21-46(4)37(45-35)38(49)42-27-11-8-25(9-12-27)36-43-30-13-10-26(24(3)48)16-32(30)44-36/h8-13,16-19,21,28,41H,1-2,6-7,14-15,20H2,3-5H3,(H,42,49)(H,43,44). The van der Waals surface area contributed by atoms with E-state index in [0.29, 0.717) is 83.8 Å². The Bertz CT molecular complexity index is 2280. The summed E-state index contributed by atoms with van der Waals surface area (Å²) in [5.41, 5.74) is 6.33. The number of imidazole rings is 2. The number of Topliss-reactive ketones (excluding diaryl/α,β-unsaturated/α-hetero) is 1. The fourth-order valence-electron chi connectivity index (χ4n) is 6.32. The normalized spacial score (nSPS) is 14.9. The molecule has 2 aliphatic rings. The lowest BCUT2D eigenvalue weighted by Crippen LogP contribution is -2.35. The largest absolute Gasteiger partial charge is 0.493 e. The fourth-order valence-corrected chi connectivity index (χ4v) is 6.32. The number of amides is 2. The highest BCUT2D eigenvalue weighted by Crippen LogP contribution is 2.38. The van der Waals surface area contributed by atoms with Crippen molar-refractivity contribution in [1.82, 2.24) is 24.4 Å². The number of H-pyrrole nitrogens is 1. The molecule has 5 aromatic rings. The lowest BCUT2D eigenvalue weighted by atomic mass is 10.1. The molecule has 1 atom stereocenters. The minimum absolute atomic E-state index is 0.00990. The molecule has 7 rings (SSSR count). The van der Waals surface area contributed by atoms with E-state index in [4.69, 9.17) is 9.47 Å². The number of allylic oxidation sites excluding steroid dienone is 1. The predicted octanol–water partition coefficient (Wildman–Crippen LogP) is 6.70. The third kappa shape index (κ3) is 6.93. The van der Waals surface area contributed by atoms with Crippen LogP contribution < -0.4 is 20.1 Å². The summed E-state index contributed by atoms with van der Waals surface area (Å²) in [6.07, 6.45) is 5.45. The van der Waals surface area contributed by atoms with Crippen LogP contribution in [0.15, 0.2) is 90.2 Å². The van der Waals surface area contributed by atoms with Crippen molar-refractivity contribution < 1.29 is 23.9 Å². The number of aryl methyl sites for hydroxylation is 1. The first-order valence-electron chi connectivity index (χ1n) is 16.8. The molecule has 0 radical (unpaired) electrons. The van der Waals surface area contributed by atoms with Crippen LogP contribution in [0, 0.1) is 0 Å². The molecule has 264 valence electrons. The van der Waals surface area contributed by atoms with E-state index >= 15 is 0 Å². The number of fused-ring (bicyclic) bond motifs is 3. The Balaban J connectivity index is 0.913. The minimum Gasteiger partial charge on any atom is -0.493 e. The van der Waals surface area contributed by atoms with E-state index < -0.39 is 0 Å². The van der Waals surface area contributed by atoms with Gasteiger partial charge >= 0.3 is 0 Å². The quantitative estimate of drug-likeness (QED) is 0.0739. The van der Waals surface area contributed by atoms with E-state index in [9.17, 15) is 14.4 Å². The number of hydrogen-bond donors (Lipinski definition) is 3. The van der Waals surface area contributed by atoms with Crippen LogP contribution in [-0.4, -0.2) is 74.5 Å². The number of ether oxygens (including phenoxy) is 2. The number of aromatic nitrogens is 4. The maximum Gasteiger partial charge on any atom is 0.291 e. The molecule has 2 aromatic heterocycles. The van der Waals surface area contributed by atoms with E-state index in [0.717, 1.165) is 22.2 Å². The van der Waals surface area contributed by atoms with Crippen LogP contribution in [0.25, 0.3) is 22.4 Å². The van der Waals surface area contributed by atoms with Crippen molar-refractivity contribution in [2.24, 2.45) is 12.0 Å². The molecule has 4 heterocycles. The third-order valence-corrected chi connectivity index (χ3v) is 9.02. The molecule has 1 fully saturated rings. The third-order valence-electron chi connectivity index (χ3n) is 9.02. The van der Waals surface area contributed by atoms with Crippen molar-refractivity contribution in [2.45, 2.75) is 32.2 Å². The summed E-state index contributed by atoms with van der Waals surface area (Å²) in [7, 11) is 3.29. The van der Waals surface area contributed by atoms with Gasteiger partial charge in [-0.15, -0.1) is 0 Å². The molecule has 52 heavy (non-hydrogen) atoms. The number of nitrogens with zero attached hydrogens (tertiary/aromatic N) is 5. The van der Waals surface area contributed by atoms with Crippen molar-refractivity contribution >= 4 is 52.0 Å². The number of rotatable bonds is 12. The minimum atomic E-state index is -0.366. The molecule has 0 spiro atoms. The predicted molar refractivity (Wildman–Crippen MR) is 200 cm³/mol. The Morgan fingerprint density at radius 2 is 1.87 bits per heavy atom. The Kier molecular flexibility index (Phi) is 9.16. The van der Waals surface area contributed by atoms with Crippen LogP contribution in [0.4, 0.5) is 17.2 Å². The van der Waals surface area contributed by atoms with Gasteiger partial charge in [0.2, 0.25) is 5.82 Å². The van der Waals surface area contributed by atoms with Crippen molar-refractivity contribution in [3.8, 4) is 22.9 Å². The SMILES string of the molecule is C=C1CC2C=Nc3cc(OCCCC(=C)Nc4cn(C)c(C(=O)Nc5ccc(-c6nc7ccc(C(C)=O)cc7[nH]6)cc5)n4)c(OC)cc3C(=O)N2C1. The monoisotopic (exact) mass is 698 g/mol. The Morgan fingerprint density at radius 3 is 2.63 bits per heavy atom. The maximum atomic E-state index is 13.2. The summed E-state index contributed by atoms with van der Waals surface area (Å²) in [5, 5.41) is 6.08. The van der Waals surface area contributed by atoms with Crippen LogP contribution in [0.2, 0.25) is 0 Å². The van der Waals surface area contributed by atoms with Crippen LogP contribution >= 0.6 is 0 Å². The van der Waals surface area contributed by atoms with Crippen molar-refractivity contribution in [2.75, 3.05) is 30.9 Å². The van der Waals surface area contributed by atoms with Gasteiger partial charge in [0.1, 0.15) is 11.6 Å². The first kappa shape index (κ1) is 34.0. The highest BCUT2D eigenvalue weighted by atomic mass is 16.5. The number of carbonyl (C=O) groups excluding carboxylic acids is 3. The number of aliphatic imine (C=N–C) groups is 1. The number of carbonyl (C=O) groups is 3. The number of hydrogen-bond acceptors (Lipinski definition) is 9. The van der Waals surface area contributed by atoms with Gasteiger partial charge in [0.05, 0.1) is 42.0 Å². The summed E-state index contributed by atoms with van der Waals surface area (Å²) in [6.45, 7) is 10.6. The number of ketones is 1. The molecular weight excluding hydrogens is 660 g/mol. The lowest BCUT2D eigenvalue weighted by Gasteiger charge is -2.20. The van der Waals surface area contributed by atoms with Gasteiger partial charge in [-0.1, -0.05) is 18.7 Å². The van der Waals surface area contributed by atoms with Crippen LogP contribution in [0.3, 0.4) is 0 Å². The summed E-state index contributed by atoms with van der Waals surface area (Å²) >= 11 is 0. The number of benzene rings is 3. The molecular formula is C39H38N8O5. The van der Waals surface area contributed by atoms with Gasteiger partial charge < -0.3 is 34.6 Å². The van der Waals surface area contributed by atoms with E-state index in [1.807, 2.05) is 18.2 Å². The van der Waals surface area contributed by atoms with Crippen LogP contribution in [0.1, 0.15) is 57.5 Å². The zero-order chi connectivity index (χ0) is 36.5. The highest BCUT2D eigenvalue weighted by molar-refractivity contribution is 6.04. The Hall–Kier alpha value is -6.50. The highest BCUT2D eigenvalue weighted by Gasteiger charge is 2.34.